The minimum Gasteiger partial charge on any atom is -0.481 e. The van der Waals surface area contributed by atoms with E-state index in [1.165, 1.54) is 24.1 Å². The summed E-state index contributed by atoms with van der Waals surface area (Å²) in [6.07, 6.45) is 2.03. The fraction of sp³-hybridized carbons (Fsp3) is 0.480. The van der Waals surface area contributed by atoms with E-state index < -0.39 is 6.10 Å². The van der Waals surface area contributed by atoms with Crippen LogP contribution in [-0.4, -0.2) is 25.1 Å². The second-order valence-corrected chi connectivity index (χ2v) is 8.52. The van der Waals surface area contributed by atoms with Crippen molar-refractivity contribution < 1.29 is 9.53 Å². The molecule has 1 N–H and O–H groups in total. The third kappa shape index (κ3) is 5.53. The van der Waals surface area contributed by atoms with Crippen LogP contribution in [0.25, 0.3) is 0 Å². The first kappa shape index (κ1) is 21.2. The summed E-state index contributed by atoms with van der Waals surface area (Å²) < 4.78 is 5.84. The average molecular weight is 395 g/mol. The van der Waals surface area contributed by atoms with Crippen LogP contribution >= 0.6 is 0 Å². The topological polar surface area (TPSA) is 41.6 Å². The zero-order valence-electron chi connectivity index (χ0n) is 18.4. The molecule has 3 atom stereocenters. The Morgan fingerprint density at radius 1 is 1.10 bits per heavy atom. The summed E-state index contributed by atoms with van der Waals surface area (Å²) in [7, 11) is 0. The quantitative estimate of drug-likeness (QED) is 0.733. The van der Waals surface area contributed by atoms with E-state index in [-0.39, 0.29) is 11.9 Å². The fourth-order valence-electron chi connectivity index (χ4n) is 3.86. The summed E-state index contributed by atoms with van der Waals surface area (Å²) in [5.41, 5.74) is 4.74. The van der Waals surface area contributed by atoms with Gasteiger partial charge in [0.05, 0.1) is 6.04 Å². The van der Waals surface area contributed by atoms with E-state index in [2.05, 4.69) is 48.3 Å². The van der Waals surface area contributed by atoms with Crippen molar-refractivity contribution in [1.29, 1.82) is 0 Å². The van der Waals surface area contributed by atoms with Crippen LogP contribution in [0.5, 0.6) is 5.75 Å². The molecule has 2 aromatic carbocycles. The van der Waals surface area contributed by atoms with E-state index in [9.17, 15) is 4.79 Å². The number of piperidine rings is 1. The van der Waals surface area contributed by atoms with Gasteiger partial charge >= 0.3 is 0 Å². The summed E-state index contributed by atoms with van der Waals surface area (Å²) in [5.74, 6) is 1.37. The summed E-state index contributed by atoms with van der Waals surface area (Å²) in [6, 6.07) is 14.4. The van der Waals surface area contributed by atoms with Gasteiger partial charge in [0.2, 0.25) is 0 Å². The summed E-state index contributed by atoms with van der Waals surface area (Å²) >= 11 is 0. The van der Waals surface area contributed by atoms with Crippen molar-refractivity contribution in [3.8, 4) is 5.75 Å². The Kier molecular flexibility index (Phi) is 6.83. The Balaban J connectivity index is 1.56. The average Bonchev–Trinajstić information content (AvgIpc) is 2.70. The van der Waals surface area contributed by atoms with Gasteiger partial charge in [0, 0.05) is 18.8 Å². The normalized spacial score (nSPS) is 18.8. The van der Waals surface area contributed by atoms with Gasteiger partial charge in [-0.1, -0.05) is 25.1 Å². The molecule has 1 aliphatic heterocycles. The zero-order chi connectivity index (χ0) is 21.0. The maximum Gasteiger partial charge on any atom is 0.261 e. The Labute approximate surface area is 175 Å². The third-order valence-electron chi connectivity index (χ3n) is 5.93. The number of aryl methyl sites for hydroxylation is 2. The Bertz CT molecular complexity index is 831. The lowest BCUT2D eigenvalue weighted by atomic mass is 9.99. The zero-order valence-corrected chi connectivity index (χ0v) is 18.4. The standard InChI is InChI=1S/C25H34N2O2/c1-17-7-6-14-27(16-17)23-11-9-22(10-12-23)20(4)26-25(28)21(5)29-24-13-8-18(2)19(3)15-24/h8-13,15,17,20-21H,6-7,14,16H2,1-5H3,(H,26,28). The lowest BCUT2D eigenvalue weighted by Crippen LogP contribution is -2.37. The molecule has 2 aromatic rings. The molecule has 3 rings (SSSR count). The van der Waals surface area contributed by atoms with Gasteiger partial charge in [-0.3, -0.25) is 4.79 Å². The van der Waals surface area contributed by atoms with Gasteiger partial charge in [-0.05, 0) is 87.4 Å². The lowest BCUT2D eigenvalue weighted by molar-refractivity contribution is -0.127. The van der Waals surface area contributed by atoms with Crippen LogP contribution in [0.2, 0.25) is 0 Å². The Morgan fingerprint density at radius 2 is 1.83 bits per heavy atom. The maximum atomic E-state index is 12.6. The van der Waals surface area contributed by atoms with E-state index >= 15 is 0 Å². The molecule has 0 saturated carbocycles. The number of carbonyl (C=O) groups excluding carboxylic acids is 1. The molecule has 4 nitrogen and oxygen atoms in total. The van der Waals surface area contributed by atoms with Crippen molar-refractivity contribution in [3.63, 3.8) is 0 Å². The highest BCUT2D eigenvalue weighted by Gasteiger charge is 2.19. The monoisotopic (exact) mass is 394 g/mol. The van der Waals surface area contributed by atoms with Crippen molar-refractivity contribution in [3.05, 3.63) is 59.2 Å². The minimum atomic E-state index is -0.548. The van der Waals surface area contributed by atoms with E-state index in [0.29, 0.717) is 0 Å². The summed E-state index contributed by atoms with van der Waals surface area (Å²) in [4.78, 5) is 15.0. The number of nitrogens with zero attached hydrogens (tertiary/aromatic N) is 1. The third-order valence-corrected chi connectivity index (χ3v) is 5.93. The van der Waals surface area contributed by atoms with E-state index in [4.69, 9.17) is 4.74 Å². The molecular weight excluding hydrogens is 360 g/mol. The highest BCUT2D eigenvalue weighted by molar-refractivity contribution is 5.81. The van der Waals surface area contributed by atoms with Gasteiger partial charge in [-0.25, -0.2) is 0 Å². The number of hydrogen-bond acceptors (Lipinski definition) is 3. The molecule has 0 radical (unpaired) electrons. The van der Waals surface area contributed by atoms with Gasteiger partial charge in [-0.2, -0.15) is 0 Å². The predicted octanol–water partition coefficient (Wildman–Crippen LogP) is 5.18. The lowest BCUT2D eigenvalue weighted by Gasteiger charge is -2.33. The molecule has 4 heteroatoms. The predicted molar refractivity (Wildman–Crippen MR) is 120 cm³/mol. The van der Waals surface area contributed by atoms with Crippen molar-refractivity contribution in [2.24, 2.45) is 5.92 Å². The number of hydrogen-bond donors (Lipinski definition) is 1. The molecule has 1 fully saturated rings. The van der Waals surface area contributed by atoms with Gasteiger partial charge in [-0.15, -0.1) is 0 Å². The molecule has 3 unspecified atom stereocenters. The molecule has 156 valence electrons. The van der Waals surface area contributed by atoms with Gasteiger partial charge in [0.15, 0.2) is 6.10 Å². The molecule has 29 heavy (non-hydrogen) atoms. The van der Waals surface area contributed by atoms with Crippen molar-refractivity contribution in [2.75, 3.05) is 18.0 Å². The second kappa shape index (κ2) is 9.34. The molecule has 1 saturated heterocycles. The maximum absolute atomic E-state index is 12.6. The molecule has 0 aliphatic carbocycles. The van der Waals surface area contributed by atoms with Crippen LogP contribution in [-0.2, 0) is 4.79 Å². The number of nitrogens with one attached hydrogen (secondary N) is 1. The number of amides is 1. The summed E-state index contributed by atoms with van der Waals surface area (Å²) in [5, 5.41) is 3.07. The van der Waals surface area contributed by atoms with Crippen molar-refractivity contribution >= 4 is 11.6 Å². The molecule has 1 heterocycles. The number of benzene rings is 2. The number of ether oxygens (including phenoxy) is 1. The van der Waals surface area contributed by atoms with Crippen LogP contribution < -0.4 is 15.0 Å². The SMILES string of the molecule is Cc1ccc(OC(C)C(=O)NC(C)c2ccc(N3CCCC(C)C3)cc2)cc1C. The number of anilines is 1. The van der Waals surface area contributed by atoms with Gasteiger partial charge in [0.25, 0.3) is 5.91 Å². The Morgan fingerprint density at radius 3 is 2.48 bits per heavy atom. The molecule has 0 bridgehead atoms. The van der Waals surface area contributed by atoms with Crippen LogP contribution in [0.4, 0.5) is 5.69 Å². The fourth-order valence-corrected chi connectivity index (χ4v) is 3.86. The van der Waals surface area contributed by atoms with Crippen LogP contribution in [0.1, 0.15) is 56.3 Å². The molecule has 0 spiro atoms. The smallest absolute Gasteiger partial charge is 0.261 e. The molecule has 1 aliphatic rings. The van der Waals surface area contributed by atoms with E-state index in [1.54, 1.807) is 6.92 Å². The van der Waals surface area contributed by atoms with Gasteiger partial charge < -0.3 is 15.0 Å². The van der Waals surface area contributed by atoms with Crippen molar-refractivity contribution in [1.82, 2.24) is 5.32 Å². The first-order chi connectivity index (χ1) is 13.8. The minimum absolute atomic E-state index is 0.0670. The second-order valence-electron chi connectivity index (χ2n) is 8.52. The highest BCUT2D eigenvalue weighted by Crippen LogP contribution is 2.25. The van der Waals surface area contributed by atoms with Crippen LogP contribution in [0.15, 0.2) is 42.5 Å². The van der Waals surface area contributed by atoms with E-state index in [0.717, 1.165) is 35.9 Å². The largest absolute Gasteiger partial charge is 0.481 e. The molecule has 0 aromatic heterocycles. The molecular formula is C25H34N2O2. The first-order valence-corrected chi connectivity index (χ1v) is 10.7. The Hall–Kier alpha value is -2.49. The van der Waals surface area contributed by atoms with Crippen LogP contribution in [0, 0.1) is 19.8 Å². The van der Waals surface area contributed by atoms with E-state index in [1.807, 2.05) is 32.0 Å². The van der Waals surface area contributed by atoms with Gasteiger partial charge in [0.1, 0.15) is 5.75 Å². The first-order valence-electron chi connectivity index (χ1n) is 10.7. The summed E-state index contributed by atoms with van der Waals surface area (Å²) in [6.45, 7) is 12.5. The van der Waals surface area contributed by atoms with Crippen LogP contribution in [0.3, 0.4) is 0 Å². The number of carbonyl (C=O) groups is 1. The highest BCUT2D eigenvalue weighted by atomic mass is 16.5. The van der Waals surface area contributed by atoms with Crippen molar-refractivity contribution in [2.45, 2.75) is 59.6 Å². The molecule has 1 amide bonds. The number of rotatable bonds is 6.